The summed E-state index contributed by atoms with van der Waals surface area (Å²) in [4.78, 5) is 9.87. The maximum atomic E-state index is 9.87. The third kappa shape index (κ3) is 6.97. The van der Waals surface area contributed by atoms with Crippen molar-refractivity contribution in [3.05, 3.63) is 12.3 Å². The van der Waals surface area contributed by atoms with Crippen molar-refractivity contribution in [3.8, 4) is 0 Å². The molecule has 0 atom stereocenters. The molecule has 0 spiro atoms. The molecule has 0 aliphatic heterocycles. The molecule has 4 heteroatoms. The quantitative estimate of drug-likeness (QED) is 0.416. The normalized spacial score (nSPS) is 10.1. The van der Waals surface area contributed by atoms with Gasteiger partial charge in [-0.2, -0.15) is 0 Å². The summed E-state index contributed by atoms with van der Waals surface area (Å²) in [7, 11) is 1.59. The lowest BCUT2D eigenvalue weighted by Gasteiger charge is -1.96. The standard InChI is InChI=1S/C6H11NO3/c1-10-5-4-7-3-2-6(8)9/h2-3,7H,4-5H2,1H3,(H,8,9). The van der Waals surface area contributed by atoms with Gasteiger partial charge in [0.1, 0.15) is 0 Å². The maximum Gasteiger partial charge on any atom is 0.329 e. The highest BCUT2D eigenvalue weighted by atomic mass is 16.5. The molecule has 0 heterocycles. The summed E-state index contributed by atoms with van der Waals surface area (Å²) in [6.07, 6.45) is 2.41. The first-order chi connectivity index (χ1) is 4.77. The number of rotatable bonds is 5. The predicted octanol–water partition coefficient (Wildman–Crippen LogP) is -0.179. The van der Waals surface area contributed by atoms with Crippen molar-refractivity contribution in [2.24, 2.45) is 0 Å². The average Bonchev–Trinajstić information content (AvgIpc) is 1.87. The molecular formula is C6H11NO3. The Morgan fingerprint density at radius 1 is 1.80 bits per heavy atom. The molecule has 0 unspecified atom stereocenters. The van der Waals surface area contributed by atoms with E-state index in [9.17, 15) is 4.79 Å². The lowest BCUT2D eigenvalue weighted by atomic mass is 10.6. The van der Waals surface area contributed by atoms with Crippen LogP contribution in [0.4, 0.5) is 0 Å². The largest absolute Gasteiger partial charge is 0.478 e. The fraction of sp³-hybridized carbons (Fsp3) is 0.500. The van der Waals surface area contributed by atoms with Crippen molar-refractivity contribution in [1.29, 1.82) is 0 Å². The zero-order chi connectivity index (χ0) is 7.82. The van der Waals surface area contributed by atoms with E-state index in [4.69, 9.17) is 9.84 Å². The van der Waals surface area contributed by atoms with Gasteiger partial charge in [0.15, 0.2) is 0 Å². The van der Waals surface area contributed by atoms with Gasteiger partial charge in [-0.3, -0.25) is 0 Å². The maximum absolute atomic E-state index is 9.87. The monoisotopic (exact) mass is 145 g/mol. The summed E-state index contributed by atoms with van der Waals surface area (Å²) in [6.45, 7) is 1.20. The van der Waals surface area contributed by atoms with Gasteiger partial charge in [0, 0.05) is 25.9 Å². The molecule has 0 aromatic carbocycles. The summed E-state index contributed by atoms with van der Waals surface area (Å²) in [6, 6.07) is 0. The fourth-order valence-electron chi connectivity index (χ4n) is 0.375. The van der Waals surface area contributed by atoms with Crippen LogP contribution in [0.15, 0.2) is 12.3 Å². The SMILES string of the molecule is COCCNC=CC(=O)O. The van der Waals surface area contributed by atoms with E-state index in [0.717, 1.165) is 6.08 Å². The van der Waals surface area contributed by atoms with Crippen molar-refractivity contribution in [2.45, 2.75) is 0 Å². The van der Waals surface area contributed by atoms with Gasteiger partial charge in [0.05, 0.1) is 6.61 Å². The molecule has 0 aliphatic carbocycles. The Kier molecular flexibility index (Phi) is 5.47. The van der Waals surface area contributed by atoms with Gasteiger partial charge in [-0.25, -0.2) is 4.79 Å². The smallest absolute Gasteiger partial charge is 0.329 e. The highest BCUT2D eigenvalue weighted by Gasteiger charge is 1.82. The van der Waals surface area contributed by atoms with Crippen molar-refractivity contribution in [3.63, 3.8) is 0 Å². The molecule has 0 radical (unpaired) electrons. The van der Waals surface area contributed by atoms with Crippen LogP contribution in [0, 0.1) is 0 Å². The Morgan fingerprint density at radius 2 is 2.50 bits per heavy atom. The Balaban J connectivity index is 3.10. The van der Waals surface area contributed by atoms with Crippen LogP contribution in [0.2, 0.25) is 0 Å². The first kappa shape index (κ1) is 8.97. The molecule has 0 rings (SSSR count). The van der Waals surface area contributed by atoms with Gasteiger partial charge in [0.2, 0.25) is 0 Å². The van der Waals surface area contributed by atoms with E-state index in [0.29, 0.717) is 13.2 Å². The van der Waals surface area contributed by atoms with Crippen LogP contribution in [-0.4, -0.2) is 31.3 Å². The topological polar surface area (TPSA) is 58.6 Å². The van der Waals surface area contributed by atoms with Crippen LogP contribution in [-0.2, 0) is 9.53 Å². The molecule has 0 amide bonds. The van der Waals surface area contributed by atoms with E-state index < -0.39 is 5.97 Å². The molecule has 2 N–H and O–H groups in total. The first-order valence-corrected chi connectivity index (χ1v) is 2.89. The molecule has 0 aromatic rings. The predicted molar refractivity (Wildman–Crippen MR) is 36.7 cm³/mol. The fourth-order valence-corrected chi connectivity index (χ4v) is 0.375. The van der Waals surface area contributed by atoms with Crippen molar-refractivity contribution in [2.75, 3.05) is 20.3 Å². The summed E-state index contributed by atoms with van der Waals surface area (Å²) in [5.74, 6) is -0.954. The van der Waals surface area contributed by atoms with Gasteiger partial charge in [-0.1, -0.05) is 0 Å². The Bertz CT molecular complexity index is 122. The number of carboxylic acid groups (broad SMARTS) is 1. The molecule has 58 valence electrons. The molecule has 4 nitrogen and oxygen atoms in total. The summed E-state index contributed by atoms with van der Waals surface area (Å²) in [5, 5.41) is 10.8. The van der Waals surface area contributed by atoms with Gasteiger partial charge in [-0.05, 0) is 0 Å². The summed E-state index contributed by atoms with van der Waals surface area (Å²) < 4.78 is 4.71. The van der Waals surface area contributed by atoms with Crippen LogP contribution >= 0.6 is 0 Å². The van der Waals surface area contributed by atoms with Gasteiger partial charge < -0.3 is 15.2 Å². The summed E-state index contributed by atoms with van der Waals surface area (Å²) in [5.41, 5.74) is 0. The van der Waals surface area contributed by atoms with Crippen molar-refractivity contribution < 1.29 is 14.6 Å². The van der Waals surface area contributed by atoms with E-state index in [2.05, 4.69) is 5.32 Å². The molecule has 0 saturated carbocycles. The van der Waals surface area contributed by atoms with E-state index in [1.807, 2.05) is 0 Å². The number of nitrogens with one attached hydrogen (secondary N) is 1. The average molecular weight is 145 g/mol. The molecule has 0 aromatic heterocycles. The minimum atomic E-state index is -0.954. The van der Waals surface area contributed by atoms with E-state index in [1.54, 1.807) is 7.11 Å². The van der Waals surface area contributed by atoms with E-state index >= 15 is 0 Å². The van der Waals surface area contributed by atoms with Crippen LogP contribution < -0.4 is 5.32 Å². The van der Waals surface area contributed by atoms with Gasteiger partial charge in [-0.15, -0.1) is 0 Å². The summed E-state index contributed by atoms with van der Waals surface area (Å²) >= 11 is 0. The molecule has 10 heavy (non-hydrogen) atoms. The number of hydrogen-bond acceptors (Lipinski definition) is 3. The number of ether oxygens (including phenoxy) is 1. The van der Waals surface area contributed by atoms with Crippen molar-refractivity contribution >= 4 is 5.97 Å². The first-order valence-electron chi connectivity index (χ1n) is 2.89. The lowest BCUT2D eigenvalue weighted by molar-refractivity contribution is -0.131. The number of hydrogen-bond donors (Lipinski definition) is 2. The number of methoxy groups -OCH3 is 1. The third-order valence-electron chi connectivity index (χ3n) is 0.794. The second-order valence-corrected chi connectivity index (χ2v) is 1.62. The minimum absolute atomic E-state index is 0.573. The van der Waals surface area contributed by atoms with E-state index in [-0.39, 0.29) is 0 Å². The Labute approximate surface area is 59.5 Å². The number of carbonyl (C=O) groups is 1. The zero-order valence-electron chi connectivity index (χ0n) is 5.83. The van der Waals surface area contributed by atoms with Crippen LogP contribution in [0.3, 0.4) is 0 Å². The van der Waals surface area contributed by atoms with Crippen LogP contribution in [0.25, 0.3) is 0 Å². The second-order valence-electron chi connectivity index (χ2n) is 1.62. The third-order valence-corrected chi connectivity index (χ3v) is 0.794. The minimum Gasteiger partial charge on any atom is -0.478 e. The van der Waals surface area contributed by atoms with Crippen LogP contribution in [0.1, 0.15) is 0 Å². The van der Waals surface area contributed by atoms with E-state index in [1.165, 1.54) is 6.20 Å². The number of carboxylic acids is 1. The number of aliphatic carboxylic acids is 1. The van der Waals surface area contributed by atoms with Crippen molar-refractivity contribution in [1.82, 2.24) is 5.32 Å². The van der Waals surface area contributed by atoms with Gasteiger partial charge >= 0.3 is 5.97 Å². The molecule has 0 aliphatic rings. The van der Waals surface area contributed by atoms with Gasteiger partial charge in [0.25, 0.3) is 0 Å². The molecule has 0 saturated heterocycles. The highest BCUT2D eigenvalue weighted by molar-refractivity contribution is 5.79. The Hall–Kier alpha value is -1.03. The molecule has 0 fully saturated rings. The van der Waals surface area contributed by atoms with Crippen LogP contribution in [0.5, 0.6) is 0 Å². The second kappa shape index (κ2) is 6.10. The lowest BCUT2D eigenvalue weighted by Crippen LogP contribution is -2.12. The molecular weight excluding hydrogens is 134 g/mol. The zero-order valence-corrected chi connectivity index (χ0v) is 5.83. The Morgan fingerprint density at radius 3 is 3.00 bits per heavy atom. The highest BCUT2D eigenvalue weighted by Crippen LogP contribution is 1.68. The molecule has 0 bridgehead atoms.